The van der Waals surface area contributed by atoms with E-state index in [1.54, 1.807) is 0 Å². The molecule has 1 fully saturated rings. The maximum absolute atomic E-state index is 11.7. The Kier molecular flexibility index (Phi) is 3.42. The van der Waals surface area contributed by atoms with E-state index < -0.39 is 0 Å². The molecule has 1 aromatic heterocycles. The molecule has 1 aliphatic rings. The molecule has 0 atom stereocenters. The van der Waals surface area contributed by atoms with Crippen LogP contribution in [0.25, 0.3) is 0 Å². The molecule has 3 N–H and O–H groups in total. The van der Waals surface area contributed by atoms with Crippen molar-refractivity contribution in [2.24, 2.45) is 5.41 Å². The highest BCUT2D eigenvalue weighted by molar-refractivity contribution is 5.90. The lowest BCUT2D eigenvalue weighted by Crippen LogP contribution is -2.31. The first kappa shape index (κ1) is 12.0. The summed E-state index contributed by atoms with van der Waals surface area (Å²) in [5.74, 6) is 0.665. The fourth-order valence-electron chi connectivity index (χ4n) is 1.83. The minimum absolute atomic E-state index is 0.119. The molecule has 1 heterocycles. The van der Waals surface area contributed by atoms with Crippen LogP contribution in [0, 0.1) is 5.41 Å². The van der Waals surface area contributed by atoms with Gasteiger partial charge in [-0.05, 0) is 24.7 Å². The largest absolute Gasteiger partial charge is 0.396 e. The van der Waals surface area contributed by atoms with E-state index in [1.807, 2.05) is 6.92 Å². The second-order valence-corrected chi connectivity index (χ2v) is 4.62. The van der Waals surface area contributed by atoms with Crippen molar-refractivity contribution in [3.05, 3.63) is 11.6 Å². The van der Waals surface area contributed by atoms with Gasteiger partial charge in [0.15, 0.2) is 0 Å². The number of aromatic nitrogens is 3. The van der Waals surface area contributed by atoms with E-state index in [1.165, 1.54) is 0 Å². The third-order valence-corrected chi connectivity index (χ3v) is 3.29. The van der Waals surface area contributed by atoms with Crippen molar-refractivity contribution in [1.29, 1.82) is 0 Å². The van der Waals surface area contributed by atoms with Gasteiger partial charge in [-0.3, -0.25) is 9.89 Å². The molecule has 0 saturated heterocycles. The number of carbonyl (C=O) groups excluding carboxylic acids is 1. The zero-order chi connectivity index (χ0) is 12.3. The van der Waals surface area contributed by atoms with Crippen molar-refractivity contribution in [3.8, 4) is 0 Å². The number of hydrogen-bond acceptors (Lipinski definition) is 4. The summed E-state index contributed by atoms with van der Waals surface area (Å²) in [7, 11) is 0. The third-order valence-electron chi connectivity index (χ3n) is 3.29. The van der Waals surface area contributed by atoms with Crippen LogP contribution >= 0.6 is 0 Å². The number of nitrogens with one attached hydrogen (secondary N) is 2. The zero-order valence-electron chi connectivity index (χ0n) is 9.99. The normalized spacial score (nSPS) is 16.8. The molecule has 0 spiro atoms. The SMILES string of the molecule is CCc1nc(C(=O)NCC2(CCO)CC2)n[nH]1. The Labute approximate surface area is 99.8 Å². The summed E-state index contributed by atoms with van der Waals surface area (Å²) < 4.78 is 0. The summed E-state index contributed by atoms with van der Waals surface area (Å²) in [6.45, 7) is 2.72. The lowest BCUT2D eigenvalue weighted by molar-refractivity contribution is 0.0930. The van der Waals surface area contributed by atoms with E-state index in [-0.39, 0.29) is 23.8 Å². The molecule has 1 aliphatic carbocycles. The third kappa shape index (κ3) is 2.82. The molecule has 0 radical (unpaired) electrons. The number of aromatic amines is 1. The molecule has 6 nitrogen and oxygen atoms in total. The predicted molar refractivity (Wildman–Crippen MR) is 61.5 cm³/mol. The highest BCUT2D eigenvalue weighted by Crippen LogP contribution is 2.47. The lowest BCUT2D eigenvalue weighted by Gasteiger charge is -2.13. The first-order valence-electron chi connectivity index (χ1n) is 5.99. The first-order valence-corrected chi connectivity index (χ1v) is 5.99. The van der Waals surface area contributed by atoms with Crippen LogP contribution in [0.1, 0.15) is 42.6 Å². The average Bonchev–Trinajstić information content (AvgIpc) is 2.93. The first-order chi connectivity index (χ1) is 8.19. The van der Waals surface area contributed by atoms with Gasteiger partial charge in [-0.2, -0.15) is 0 Å². The molecular weight excluding hydrogens is 220 g/mol. The van der Waals surface area contributed by atoms with E-state index in [9.17, 15) is 4.79 Å². The molecule has 0 bridgehead atoms. The minimum Gasteiger partial charge on any atom is -0.396 e. The number of aliphatic hydroxyl groups is 1. The number of amides is 1. The van der Waals surface area contributed by atoms with E-state index in [4.69, 9.17) is 5.11 Å². The van der Waals surface area contributed by atoms with Gasteiger partial charge in [-0.25, -0.2) is 4.98 Å². The van der Waals surface area contributed by atoms with Crippen LogP contribution in [0.5, 0.6) is 0 Å². The molecule has 17 heavy (non-hydrogen) atoms. The van der Waals surface area contributed by atoms with Gasteiger partial charge < -0.3 is 10.4 Å². The fraction of sp³-hybridized carbons (Fsp3) is 0.727. The Morgan fingerprint density at radius 3 is 2.88 bits per heavy atom. The van der Waals surface area contributed by atoms with Gasteiger partial charge in [-0.15, -0.1) is 5.10 Å². The van der Waals surface area contributed by atoms with Gasteiger partial charge in [0.1, 0.15) is 5.82 Å². The molecule has 0 unspecified atom stereocenters. The highest BCUT2D eigenvalue weighted by atomic mass is 16.3. The average molecular weight is 238 g/mol. The molecular formula is C11H18N4O2. The van der Waals surface area contributed by atoms with Crippen LogP contribution in [-0.2, 0) is 6.42 Å². The zero-order valence-corrected chi connectivity index (χ0v) is 9.99. The number of aryl methyl sites for hydroxylation is 1. The monoisotopic (exact) mass is 238 g/mol. The predicted octanol–water partition coefficient (Wildman–Crippen LogP) is 0.259. The molecule has 1 saturated carbocycles. The van der Waals surface area contributed by atoms with Crippen LogP contribution in [0.3, 0.4) is 0 Å². The van der Waals surface area contributed by atoms with Crippen LogP contribution in [0.4, 0.5) is 0 Å². The number of nitrogens with zero attached hydrogens (tertiary/aromatic N) is 2. The summed E-state index contributed by atoms with van der Waals surface area (Å²) >= 11 is 0. The van der Waals surface area contributed by atoms with Crippen molar-refractivity contribution in [2.45, 2.75) is 32.6 Å². The topological polar surface area (TPSA) is 90.9 Å². The molecule has 0 aliphatic heterocycles. The molecule has 94 valence electrons. The Morgan fingerprint density at radius 2 is 2.35 bits per heavy atom. The molecule has 1 aromatic rings. The van der Waals surface area contributed by atoms with Crippen molar-refractivity contribution in [1.82, 2.24) is 20.5 Å². The number of H-pyrrole nitrogens is 1. The van der Waals surface area contributed by atoms with Crippen LogP contribution in [0.2, 0.25) is 0 Å². The summed E-state index contributed by atoms with van der Waals surface area (Å²) in [6, 6.07) is 0. The summed E-state index contributed by atoms with van der Waals surface area (Å²) in [6.07, 6.45) is 3.63. The van der Waals surface area contributed by atoms with Gasteiger partial charge in [0.2, 0.25) is 5.82 Å². The van der Waals surface area contributed by atoms with E-state index in [0.717, 1.165) is 25.7 Å². The van der Waals surface area contributed by atoms with Crippen molar-refractivity contribution in [2.75, 3.05) is 13.2 Å². The maximum Gasteiger partial charge on any atom is 0.290 e. The Hall–Kier alpha value is -1.43. The van der Waals surface area contributed by atoms with E-state index in [0.29, 0.717) is 12.4 Å². The van der Waals surface area contributed by atoms with Gasteiger partial charge in [0, 0.05) is 19.6 Å². The number of aliphatic hydroxyl groups excluding tert-OH is 1. The summed E-state index contributed by atoms with van der Waals surface area (Å²) in [5.41, 5.74) is 0.119. The maximum atomic E-state index is 11.7. The van der Waals surface area contributed by atoms with Crippen LogP contribution in [0.15, 0.2) is 0 Å². The van der Waals surface area contributed by atoms with Crippen LogP contribution < -0.4 is 5.32 Å². The van der Waals surface area contributed by atoms with Crippen LogP contribution in [-0.4, -0.2) is 39.3 Å². The van der Waals surface area contributed by atoms with E-state index in [2.05, 4.69) is 20.5 Å². The van der Waals surface area contributed by atoms with Gasteiger partial charge in [0.25, 0.3) is 5.91 Å². The Morgan fingerprint density at radius 1 is 1.59 bits per heavy atom. The number of carbonyl (C=O) groups is 1. The highest BCUT2D eigenvalue weighted by Gasteiger charge is 2.42. The quantitative estimate of drug-likeness (QED) is 0.663. The number of rotatable bonds is 6. The Balaban J connectivity index is 1.85. The van der Waals surface area contributed by atoms with Gasteiger partial charge in [-0.1, -0.05) is 6.92 Å². The summed E-state index contributed by atoms with van der Waals surface area (Å²) in [4.78, 5) is 15.8. The standard InChI is InChI=1S/C11H18N4O2/c1-2-8-13-9(15-14-8)10(17)12-7-11(3-4-11)5-6-16/h16H,2-7H2,1H3,(H,12,17)(H,13,14,15). The smallest absolute Gasteiger partial charge is 0.290 e. The molecule has 2 rings (SSSR count). The van der Waals surface area contributed by atoms with Crippen molar-refractivity contribution in [3.63, 3.8) is 0 Å². The second-order valence-electron chi connectivity index (χ2n) is 4.62. The van der Waals surface area contributed by atoms with E-state index >= 15 is 0 Å². The Bertz CT molecular complexity index is 398. The van der Waals surface area contributed by atoms with Gasteiger partial charge >= 0.3 is 0 Å². The number of hydrogen-bond donors (Lipinski definition) is 3. The van der Waals surface area contributed by atoms with Crippen molar-refractivity contribution < 1.29 is 9.90 Å². The molecule has 1 amide bonds. The summed E-state index contributed by atoms with van der Waals surface area (Å²) in [5, 5.41) is 18.3. The molecule has 6 heteroatoms. The lowest BCUT2D eigenvalue weighted by atomic mass is 10.0. The minimum atomic E-state index is -0.245. The second kappa shape index (κ2) is 4.83. The fourth-order valence-corrected chi connectivity index (χ4v) is 1.83. The van der Waals surface area contributed by atoms with Crippen molar-refractivity contribution >= 4 is 5.91 Å². The molecule has 0 aromatic carbocycles. The van der Waals surface area contributed by atoms with Gasteiger partial charge in [0.05, 0.1) is 0 Å².